The van der Waals surface area contributed by atoms with Gasteiger partial charge in [-0.25, -0.2) is 4.98 Å². The zero-order chi connectivity index (χ0) is 8.72. The normalized spacial score (nSPS) is 10.9. The zero-order valence-electron chi connectivity index (χ0n) is 6.10. The first-order chi connectivity index (χ1) is 5.68. The van der Waals surface area contributed by atoms with Crippen molar-refractivity contribution in [3.63, 3.8) is 0 Å². The molecule has 0 aliphatic rings. The van der Waals surface area contributed by atoms with Crippen LogP contribution in [0, 0.1) is 10.6 Å². The maximum atomic E-state index is 5.66. The molecule has 0 unspecified atom stereocenters. The van der Waals surface area contributed by atoms with E-state index < -0.39 is 0 Å². The average molecular weight is 294 g/mol. The molecule has 0 saturated heterocycles. The fourth-order valence-electron chi connectivity index (χ4n) is 1.02. The maximum absolute atomic E-state index is 5.66. The van der Waals surface area contributed by atoms with Crippen molar-refractivity contribution in [2.45, 2.75) is 6.92 Å². The van der Waals surface area contributed by atoms with Gasteiger partial charge in [0.2, 0.25) is 5.28 Å². The minimum absolute atomic E-state index is 0.250. The SMILES string of the molecule is Cc1nc(Cl)nc2[nH]nc(I)c12. The summed E-state index contributed by atoms with van der Waals surface area (Å²) in [5, 5.41) is 7.97. The number of hydrogen-bond acceptors (Lipinski definition) is 3. The number of aryl methyl sites for hydroxylation is 1. The van der Waals surface area contributed by atoms with Gasteiger partial charge in [0.05, 0.1) is 11.1 Å². The van der Waals surface area contributed by atoms with E-state index in [0.717, 1.165) is 14.8 Å². The largest absolute Gasteiger partial charge is 0.260 e. The predicted octanol–water partition coefficient (Wildman–Crippen LogP) is 1.92. The topological polar surface area (TPSA) is 54.5 Å². The summed E-state index contributed by atoms with van der Waals surface area (Å²) in [6.07, 6.45) is 0. The summed E-state index contributed by atoms with van der Waals surface area (Å²) >= 11 is 7.79. The molecule has 0 saturated carbocycles. The first-order valence-corrected chi connectivity index (χ1v) is 4.68. The van der Waals surface area contributed by atoms with Gasteiger partial charge in [0.1, 0.15) is 3.70 Å². The molecule has 4 nitrogen and oxygen atoms in total. The number of nitrogens with zero attached hydrogens (tertiary/aromatic N) is 3. The molecule has 0 spiro atoms. The van der Waals surface area contributed by atoms with Crippen LogP contribution in [-0.4, -0.2) is 20.2 Å². The zero-order valence-corrected chi connectivity index (χ0v) is 9.01. The molecule has 12 heavy (non-hydrogen) atoms. The second-order valence-electron chi connectivity index (χ2n) is 2.32. The van der Waals surface area contributed by atoms with Gasteiger partial charge in [-0.3, -0.25) is 5.10 Å². The lowest BCUT2D eigenvalue weighted by Gasteiger charge is -1.94. The highest BCUT2D eigenvalue weighted by Gasteiger charge is 2.08. The Bertz CT molecular complexity index is 438. The van der Waals surface area contributed by atoms with Crippen molar-refractivity contribution < 1.29 is 0 Å². The van der Waals surface area contributed by atoms with E-state index in [1.165, 1.54) is 0 Å². The van der Waals surface area contributed by atoms with Crippen molar-refractivity contribution in [1.82, 2.24) is 20.2 Å². The van der Waals surface area contributed by atoms with Crippen molar-refractivity contribution in [3.05, 3.63) is 14.7 Å². The smallest absolute Gasteiger partial charge is 0.224 e. The third-order valence-electron chi connectivity index (χ3n) is 1.53. The molecule has 0 bridgehead atoms. The molecule has 0 aliphatic heterocycles. The van der Waals surface area contributed by atoms with E-state index in [1.807, 2.05) is 6.92 Å². The number of hydrogen-bond donors (Lipinski definition) is 1. The van der Waals surface area contributed by atoms with Crippen LogP contribution in [0.3, 0.4) is 0 Å². The number of fused-ring (bicyclic) bond motifs is 1. The van der Waals surface area contributed by atoms with Crippen LogP contribution in [0.1, 0.15) is 5.69 Å². The Morgan fingerprint density at radius 1 is 1.42 bits per heavy atom. The first kappa shape index (κ1) is 8.18. The highest BCUT2D eigenvalue weighted by atomic mass is 127. The van der Waals surface area contributed by atoms with Gasteiger partial charge in [-0.05, 0) is 41.1 Å². The Hall–Kier alpha value is -0.430. The highest BCUT2D eigenvalue weighted by molar-refractivity contribution is 14.1. The van der Waals surface area contributed by atoms with Crippen molar-refractivity contribution >= 4 is 45.2 Å². The minimum Gasteiger partial charge on any atom is -0.260 e. The molecule has 0 aliphatic carbocycles. The molecule has 0 radical (unpaired) electrons. The van der Waals surface area contributed by atoms with Gasteiger partial charge in [-0.2, -0.15) is 10.1 Å². The molecule has 2 aromatic heterocycles. The second kappa shape index (κ2) is 2.81. The number of halogens is 2. The lowest BCUT2D eigenvalue weighted by atomic mass is 10.3. The van der Waals surface area contributed by atoms with E-state index in [4.69, 9.17) is 11.6 Å². The van der Waals surface area contributed by atoms with E-state index in [0.29, 0.717) is 5.65 Å². The van der Waals surface area contributed by atoms with Crippen molar-refractivity contribution in [1.29, 1.82) is 0 Å². The van der Waals surface area contributed by atoms with Crippen molar-refractivity contribution in [2.24, 2.45) is 0 Å². The fourth-order valence-corrected chi connectivity index (χ4v) is 2.00. The van der Waals surface area contributed by atoms with Crippen molar-refractivity contribution in [3.8, 4) is 0 Å². The summed E-state index contributed by atoms with van der Waals surface area (Å²) in [4.78, 5) is 8.01. The Labute approximate surface area is 86.9 Å². The number of nitrogens with one attached hydrogen (secondary N) is 1. The second-order valence-corrected chi connectivity index (χ2v) is 3.68. The van der Waals surface area contributed by atoms with Crippen LogP contribution < -0.4 is 0 Å². The van der Waals surface area contributed by atoms with Crippen LogP contribution in [-0.2, 0) is 0 Å². The number of aromatic amines is 1. The molecule has 0 aromatic carbocycles. The molecule has 2 rings (SSSR count). The van der Waals surface area contributed by atoms with E-state index in [2.05, 4.69) is 42.8 Å². The molecule has 6 heteroatoms. The molecule has 1 N–H and O–H groups in total. The van der Waals surface area contributed by atoms with E-state index in [9.17, 15) is 0 Å². The summed E-state index contributed by atoms with van der Waals surface area (Å²) in [5.41, 5.74) is 1.54. The molecule has 0 fully saturated rings. The number of aromatic nitrogens is 4. The summed E-state index contributed by atoms with van der Waals surface area (Å²) in [5.74, 6) is 0. The minimum atomic E-state index is 0.250. The Morgan fingerprint density at radius 3 is 2.92 bits per heavy atom. The summed E-state index contributed by atoms with van der Waals surface area (Å²) in [6, 6.07) is 0. The van der Waals surface area contributed by atoms with E-state index in [1.54, 1.807) is 0 Å². The lowest BCUT2D eigenvalue weighted by Crippen LogP contribution is -1.88. The first-order valence-electron chi connectivity index (χ1n) is 3.22. The highest BCUT2D eigenvalue weighted by Crippen LogP contribution is 2.19. The van der Waals surface area contributed by atoms with Crippen LogP contribution >= 0.6 is 34.2 Å². The van der Waals surface area contributed by atoms with Crippen molar-refractivity contribution in [2.75, 3.05) is 0 Å². The van der Waals surface area contributed by atoms with Gasteiger partial charge in [-0.15, -0.1) is 0 Å². The summed E-state index contributed by atoms with van der Waals surface area (Å²) in [6.45, 7) is 1.88. The quantitative estimate of drug-likeness (QED) is 0.596. The Kier molecular flexibility index (Phi) is 1.91. The van der Waals surface area contributed by atoms with Crippen LogP contribution in [0.25, 0.3) is 11.0 Å². The molecule has 62 valence electrons. The molecular weight excluding hydrogens is 290 g/mol. The van der Waals surface area contributed by atoms with Gasteiger partial charge in [0.15, 0.2) is 5.65 Å². The molecule has 2 aromatic rings. The Morgan fingerprint density at radius 2 is 2.17 bits per heavy atom. The van der Waals surface area contributed by atoms with Crippen LogP contribution in [0.2, 0.25) is 5.28 Å². The Balaban J connectivity index is 2.93. The third kappa shape index (κ3) is 1.16. The van der Waals surface area contributed by atoms with Crippen LogP contribution in [0.15, 0.2) is 0 Å². The maximum Gasteiger partial charge on any atom is 0.224 e. The lowest BCUT2D eigenvalue weighted by molar-refractivity contribution is 1.07. The van der Waals surface area contributed by atoms with Gasteiger partial charge < -0.3 is 0 Å². The van der Waals surface area contributed by atoms with Crippen LogP contribution in [0.5, 0.6) is 0 Å². The molecule has 0 atom stereocenters. The predicted molar refractivity (Wildman–Crippen MR) is 54.1 cm³/mol. The van der Waals surface area contributed by atoms with Gasteiger partial charge in [0, 0.05) is 0 Å². The molecule has 0 amide bonds. The monoisotopic (exact) mass is 294 g/mol. The third-order valence-corrected chi connectivity index (χ3v) is 2.48. The van der Waals surface area contributed by atoms with Gasteiger partial charge in [-0.1, -0.05) is 0 Å². The summed E-state index contributed by atoms with van der Waals surface area (Å²) < 4.78 is 0.872. The van der Waals surface area contributed by atoms with E-state index >= 15 is 0 Å². The van der Waals surface area contributed by atoms with Gasteiger partial charge >= 0.3 is 0 Å². The number of rotatable bonds is 0. The summed E-state index contributed by atoms with van der Waals surface area (Å²) in [7, 11) is 0. The van der Waals surface area contributed by atoms with Gasteiger partial charge in [0.25, 0.3) is 0 Å². The standard InChI is InChI=1S/C6H4ClIN4/c1-2-3-4(8)11-12-5(3)10-6(7)9-2/h1H3,(H,9,10,11,12). The molecule has 2 heterocycles. The average Bonchev–Trinajstić information content (AvgIpc) is 2.31. The fraction of sp³-hybridized carbons (Fsp3) is 0.167. The van der Waals surface area contributed by atoms with E-state index in [-0.39, 0.29) is 5.28 Å². The number of H-pyrrole nitrogens is 1. The van der Waals surface area contributed by atoms with Crippen LogP contribution in [0.4, 0.5) is 0 Å². The molecular formula is C6H4ClIN4.